The number of hydrogen-bond donors (Lipinski definition) is 0. The molecule has 0 spiro atoms. The average Bonchev–Trinajstić information content (AvgIpc) is 3.12. The van der Waals surface area contributed by atoms with Crippen molar-refractivity contribution in [3.05, 3.63) is 48.2 Å². The van der Waals surface area contributed by atoms with Crippen molar-refractivity contribution in [2.24, 2.45) is 0 Å². The molecule has 1 fully saturated rings. The average molecular weight is 348 g/mol. The van der Waals surface area contributed by atoms with Crippen LogP contribution in [0.4, 0.5) is 5.82 Å². The van der Waals surface area contributed by atoms with Crippen molar-refractivity contribution in [1.82, 2.24) is 19.9 Å². The van der Waals surface area contributed by atoms with Crippen LogP contribution in [0.5, 0.6) is 0 Å². The Hall–Kier alpha value is -2.98. The van der Waals surface area contributed by atoms with Crippen LogP contribution in [0.15, 0.2) is 40.9 Å². The van der Waals surface area contributed by atoms with E-state index in [-0.39, 0.29) is 0 Å². The molecule has 0 amide bonds. The summed E-state index contributed by atoms with van der Waals surface area (Å²) in [5.41, 5.74) is 1.39. The molecule has 2 aromatic heterocycles. The summed E-state index contributed by atoms with van der Waals surface area (Å²) in [6, 6.07) is 11.6. The van der Waals surface area contributed by atoms with Gasteiger partial charge >= 0.3 is 0 Å². The monoisotopic (exact) mass is 348 g/mol. The van der Waals surface area contributed by atoms with Gasteiger partial charge in [0.05, 0.1) is 6.07 Å². The maximum Gasteiger partial charge on any atom is 0.220 e. The number of nitrogens with zero attached hydrogens (tertiary/aromatic N) is 6. The number of rotatable bonds is 4. The molecule has 132 valence electrons. The minimum Gasteiger partial charge on any atom is -0.439 e. The molecule has 0 radical (unpaired) electrons. The number of aromatic nitrogens is 3. The van der Waals surface area contributed by atoms with E-state index < -0.39 is 5.92 Å². The van der Waals surface area contributed by atoms with E-state index in [1.807, 2.05) is 30.3 Å². The Bertz CT molecular complexity index is 905. The van der Waals surface area contributed by atoms with Crippen LogP contribution in [0.25, 0.3) is 11.1 Å². The van der Waals surface area contributed by atoms with Gasteiger partial charge in [0.1, 0.15) is 11.3 Å². The smallest absolute Gasteiger partial charge is 0.220 e. The Labute approximate surface area is 151 Å². The molecule has 1 aromatic carbocycles. The SMILES string of the molecule is CCN1CCN(c2ccnc(C(C#N)c3nc4ccccc4o3)n2)CC1. The van der Waals surface area contributed by atoms with E-state index in [2.05, 4.69) is 37.7 Å². The van der Waals surface area contributed by atoms with E-state index in [4.69, 9.17) is 4.42 Å². The second kappa shape index (κ2) is 7.10. The topological polar surface area (TPSA) is 82.1 Å². The van der Waals surface area contributed by atoms with Crippen LogP contribution in [0.1, 0.15) is 24.6 Å². The molecule has 1 aliphatic heterocycles. The minimum absolute atomic E-state index is 0.335. The third-order valence-corrected chi connectivity index (χ3v) is 4.75. The molecule has 1 saturated heterocycles. The Morgan fingerprint density at radius 1 is 1.15 bits per heavy atom. The van der Waals surface area contributed by atoms with Gasteiger partial charge in [0.25, 0.3) is 0 Å². The zero-order chi connectivity index (χ0) is 17.9. The fraction of sp³-hybridized carbons (Fsp3) is 0.368. The summed E-state index contributed by atoms with van der Waals surface area (Å²) in [5.74, 6) is 0.887. The number of piperazine rings is 1. The third kappa shape index (κ3) is 3.11. The molecular weight excluding hydrogens is 328 g/mol. The van der Waals surface area contributed by atoms with Crippen molar-refractivity contribution >= 4 is 16.9 Å². The van der Waals surface area contributed by atoms with Crippen LogP contribution in [-0.4, -0.2) is 52.6 Å². The summed E-state index contributed by atoms with van der Waals surface area (Å²) in [6.45, 7) is 7.12. The molecule has 7 nitrogen and oxygen atoms in total. The fourth-order valence-electron chi connectivity index (χ4n) is 3.21. The minimum atomic E-state index is -0.723. The van der Waals surface area contributed by atoms with Gasteiger partial charge in [0.15, 0.2) is 17.3 Å². The highest BCUT2D eigenvalue weighted by atomic mass is 16.3. The molecule has 3 heterocycles. The first-order valence-electron chi connectivity index (χ1n) is 8.84. The number of para-hydroxylation sites is 2. The molecule has 1 unspecified atom stereocenters. The summed E-state index contributed by atoms with van der Waals surface area (Å²) in [7, 11) is 0. The Morgan fingerprint density at radius 2 is 1.96 bits per heavy atom. The molecule has 3 aromatic rings. The predicted molar refractivity (Wildman–Crippen MR) is 97.8 cm³/mol. The Morgan fingerprint density at radius 3 is 2.69 bits per heavy atom. The van der Waals surface area contributed by atoms with E-state index >= 15 is 0 Å². The van der Waals surface area contributed by atoms with E-state index in [0.717, 1.165) is 44.1 Å². The lowest BCUT2D eigenvalue weighted by Gasteiger charge is -2.34. The summed E-state index contributed by atoms with van der Waals surface area (Å²) < 4.78 is 5.76. The fourth-order valence-corrected chi connectivity index (χ4v) is 3.21. The van der Waals surface area contributed by atoms with Crippen LogP contribution in [0.2, 0.25) is 0 Å². The number of likely N-dealkylation sites (N-methyl/N-ethyl adjacent to an activating group) is 1. The molecule has 0 N–H and O–H groups in total. The van der Waals surface area contributed by atoms with Gasteiger partial charge in [-0.15, -0.1) is 0 Å². The standard InChI is InChI=1S/C19H20N6O/c1-2-24-9-11-25(12-10-24)17-7-8-21-18(23-17)14(13-20)19-22-15-5-3-4-6-16(15)26-19/h3-8,14H,2,9-12H2,1H3. The van der Waals surface area contributed by atoms with Gasteiger partial charge in [-0.25, -0.2) is 15.0 Å². The highest BCUT2D eigenvalue weighted by Gasteiger charge is 2.24. The Balaban J connectivity index is 1.61. The second-order valence-electron chi connectivity index (χ2n) is 6.28. The first kappa shape index (κ1) is 16.5. The summed E-state index contributed by atoms with van der Waals surface area (Å²) in [5, 5.41) is 9.68. The number of anilines is 1. The zero-order valence-corrected chi connectivity index (χ0v) is 14.7. The molecule has 4 rings (SSSR count). The molecule has 0 saturated carbocycles. The Kier molecular flexibility index (Phi) is 4.50. The maximum atomic E-state index is 9.68. The number of oxazole rings is 1. The summed E-state index contributed by atoms with van der Waals surface area (Å²) in [4.78, 5) is 18.0. The van der Waals surface area contributed by atoms with Gasteiger partial charge in [-0.05, 0) is 24.7 Å². The molecular formula is C19H20N6O. The molecule has 0 aliphatic carbocycles. The normalized spacial score (nSPS) is 16.5. The van der Waals surface area contributed by atoms with E-state index in [0.29, 0.717) is 17.3 Å². The van der Waals surface area contributed by atoms with E-state index in [1.165, 1.54) is 0 Å². The lowest BCUT2D eigenvalue weighted by Crippen LogP contribution is -2.46. The van der Waals surface area contributed by atoms with Crippen molar-refractivity contribution in [3.8, 4) is 6.07 Å². The van der Waals surface area contributed by atoms with Crippen molar-refractivity contribution in [3.63, 3.8) is 0 Å². The first-order chi connectivity index (χ1) is 12.8. The van der Waals surface area contributed by atoms with Gasteiger partial charge in [-0.3, -0.25) is 0 Å². The molecule has 7 heteroatoms. The molecule has 26 heavy (non-hydrogen) atoms. The number of benzene rings is 1. The van der Waals surface area contributed by atoms with Crippen LogP contribution in [-0.2, 0) is 0 Å². The zero-order valence-electron chi connectivity index (χ0n) is 14.7. The van der Waals surface area contributed by atoms with Crippen molar-refractivity contribution in [2.45, 2.75) is 12.8 Å². The molecule has 1 aliphatic rings. The lowest BCUT2D eigenvalue weighted by molar-refractivity contribution is 0.270. The highest BCUT2D eigenvalue weighted by Crippen LogP contribution is 2.26. The maximum absolute atomic E-state index is 9.68. The quantitative estimate of drug-likeness (QED) is 0.716. The van der Waals surface area contributed by atoms with Crippen LogP contribution in [0.3, 0.4) is 0 Å². The van der Waals surface area contributed by atoms with Gasteiger partial charge in [-0.2, -0.15) is 5.26 Å². The summed E-state index contributed by atoms with van der Waals surface area (Å²) in [6.07, 6.45) is 1.71. The van der Waals surface area contributed by atoms with Crippen LogP contribution in [0, 0.1) is 11.3 Å². The number of fused-ring (bicyclic) bond motifs is 1. The second-order valence-corrected chi connectivity index (χ2v) is 6.28. The van der Waals surface area contributed by atoms with Gasteiger partial charge in [0, 0.05) is 32.4 Å². The largest absolute Gasteiger partial charge is 0.439 e. The van der Waals surface area contributed by atoms with E-state index in [9.17, 15) is 5.26 Å². The highest BCUT2D eigenvalue weighted by molar-refractivity contribution is 5.72. The number of nitriles is 1. The van der Waals surface area contributed by atoms with Crippen molar-refractivity contribution in [1.29, 1.82) is 5.26 Å². The van der Waals surface area contributed by atoms with Crippen LogP contribution < -0.4 is 4.90 Å². The molecule has 1 atom stereocenters. The predicted octanol–water partition coefficient (Wildman–Crippen LogP) is 2.42. The van der Waals surface area contributed by atoms with Gasteiger partial charge in [0.2, 0.25) is 5.89 Å². The van der Waals surface area contributed by atoms with Crippen molar-refractivity contribution in [2.75, 3.05) is 37.6 Å². The molecule has 0 bridgehead atoms. The lowest BCUT2D eigenvalue weighted by atomic mass is 10.1. The third-order valence-electron chi connectivity index (χ3n) is 4.75. The van der Waals surface area contributed by atoms with Gasteiger partial charge < -0.3 is 14.2 Å². The first-order valence-corrected chi connectivity index (χ1v) is 8.84. The summed E-state index contributed by atoms with van der Waals surface area (Å²) >= 11 is 0. The van der Waals surface area contributed by atoms with Crippen LogP contribution >= 0.6 is 0 Å². The van der Waals surface area contributed by atoms with Crippen molar-refractivity contribution < 1.29 is 4.42 Å². The van der Waals surface area contributed by atoms with Gasteiger partial charge in [-0.1, -0.05) is 19.1 Å². The number of hydrogen-bond acceptors (Lipinski definition) is 7. The van der Waals surface area contributed by atoms with E-state index in [1.54, 1.807) is 6.20 Å².